The van der Waals surface area contributed by atoms with E-state index in [9.17, 15) is 19.1 Å². The van der Waals surface area contributed by atoms with Crippen LogP contribution < -0.4 is 15.6 Å². The van der Waals surface area contributed by atoms with Gasteiger partial charge in [-0.15, -0.1) is 0 Å². The predicted octanol–water partition coefficient (Wildman–Crippen LogP) is 4.38. The molecule has 0 radical (unpaired) electrons. The van der Waals surface area contributed by atoms with Crippen molar-refractivity contribution in [3.8, 4) is 28.2 Å². The van der Waals surface area contributed by atoms with Crippen molar-refractivity contribution in [2.75, 3.05) is 12.4 Å². The molecule has 1 aliphatic rings. The van der Waals surface area contributed by atoms with Crippen molar-refractivity contribution in [2.24, 2.45) is 5.92 Å². The summed E-state index contributed by atoms with van der Waals surface area (Å²) in [4.78, 5) is 35.4. The van der Waals surface area contributed by atoms with Crippen molar-refractivity contribution < 1.29 is 28.3 Å². The van der Waals surface area contributed by atoms with E-state index in [4.69, 9.17) is 9.15 Å². The van der Waals surface area contributed by atoms with Crippen LogP contribution in [-0.2, 0) is 9.36 Å². The van der Waals surface area contributed by atoms with E-state index in [1.165, 1.54) is 30.6 Å². The molecular formula is C22H19N2O6PS. The minimum absolute atomic E-state index is 0.0102. The zero-order valence-corrected chi connectivity index (χ0v) is 18.7. The fourth-order valence-electron chi connectivity index (χ4n) is 3.48. The molecule has 10 heteroatoms. The number of hydrogen-bond acceptors (Lipinski definition) is 6. The molecule has 4 aromatic rings. The van der Waals surface area contributed by atoms with Crippen molar-refractivity contribution in [3.05, 3.63) is 48.5 Å². The number of fused-ring (bicyclic) bond motifs is 1. The van der Waals surface area contributed by atoms with E-state index in [1.807, 2.05) is 30.3 Å². The number of anilines is 1. The van der Waals surface area contributed by atoms with Gasteiger partial charge in [0.1, 0.15) is 11.5 Å². The van der Waals surface area contributed by atoms with Gasteiger partial charge in [0.05, 0.1) is 22.9 Å². The number of carbonyl (C=O) groups excluding carboxylic acids is 1. The van der Waals surface area contributed by atoms with Gasteiger partial charge in [0, 0.05) is 11.5 Å². The van der Waals surface area contributed by atoms with Crippen molar-refractivity contribution in [1.82, 2.24) is 4.98 Å². The smallest absolute Gasteiger partial charge is 0.391 e. The number of amides is 1. The van der Waals surface area contributed by atoms with Crippen LogP contribution in [0.1, 0.15) is 12.8 Å². The van der Waals surface area contributed by atoms with Crippen LogP contribution >= 0.6 is 18.9 Å². The second-order valence-electron chi connectivity index (χ2n) is 7.53. The number of hydrogen-bond donors (Lipinski definition) is 3. The molecule has 0 unspecified atom stereocenters. The van der Waals surface area contributed by atoms with Crippen LogP contribution in [0, 0.1) is 5.92 Å². The number of ether oxygens (including phenoxy) is 1. The highest BCUT2D eigenvalue weighted by Crippen LogP contribution is 2.41. The number of methoxy groups -OCH3 is 1. The van der Waals surface area contributed by atoms with Crippen molar-refractivity contribution >= 4 is 45.7 Å². The van der Waals surface area contributed by atoms with Gasteiger partial charge in [-0.3, -0.25) is 9.36 Å². The molecular weight excluding hydrogens is 451 g/mol. The number of furan rings is 1. The fourth-order valence-corrected chi connectivity index (χ4v) is 4.97. The molecule has 1 fully saturated rings. The molecule has 0 spiro atoms. The van der Waals surface area contributed by atoms with Crippen LogP contribution in [0.25, 0.3) is 32.7 Å². The zero-order valence-electron chi connectivity index (χ0n) is 16.9. The molecule has 2 heterocycles. The summed E-state index contributed by atoms with van der Waals surface area (Å²) >= 11 is 1.41. The van der Waals surface area contributed by atoms with E-state index in [0.29, 0.717) is 16.4 Å². The molecule has 164 valence electrons. The molecule has 2 aromatic carbocycles. The lowest BCUT2D eigenvalue weighted by Gasteiger charge is -2.10. The summed E-state index contributed by atoms with van der Waals surface area (Å²) in [5, 5.41) is 3.47. The highest BCUT2D eigenvalue weighted by Gasteiger charge is 2.30. The molecule has 2 aromatic heterocycles. The van der Waals surface area contributed by atoms with Crippen LogP contribution in [0.4, 0.5) is 5.13 Å². The van der Waals surface area contributed by atoms with Gasteiger partial charge in [-0.2, -0.15) is 0 Å². The number of aromatic nitrogens is 1. The topological polar surface area (TPSA) is 122 Å². The third-order valence-corrected chi connectivity index (χ3v) is 7.08. The Morgan fingerprint density at radius 1 is 1.19 bits per heavy atom. The number of nitrogens with zero attached hydrogens (tertiary/aromatic N) is 1. The first-order chi connectivity index (χ1) is 15.3. The third kappa shape index (κ3) is 3.96. The maximum Gasteiger partial charge on any atom is 0.391 e. The lowest BCUT2D eigenvalue weighted by Crippen LogP contribution is -2.12. The summed E-state index contributed by atoms with van der Waals surface area (Å²) in [7, 11) is -2.99. The van der Waals surface area contributed by atoms with Gasteiger partial charge in [0.2, 0.25) is 11.4 Å². The Balaban J connectivity index is 1.56. The SMILES string of the molecule is COc1ccc(-c2cccc3nc(NC(=O)C4CC4)sc23)cc1-c1ccc(P(=O)(O)O)o1. The second kappa shape index (κ2) is 7.86. The van der Waals surface area contributed by atoms with Crippen molar-refractivity contribution in [2.45, 2.75) is 12.8 Å². The normalized spacial score (nSPS) is 14.0. The van der Waals surface area contributed by atoms with E-state index in [-0.39, 0.29) is 17.6 Å². The van der Waals surface area contributed by atoms with E-state index < -0.39 is 13.1 Å². The number of carbonyl (C=O) groups is 1. The van der Waals surface area contributed by atoms with Crippen LogP contribution in [-0.4, -0.2) is 27.8 Å². The zero-order chi connectivity index (χ0) is 22.5. The molecule has 32 heavy (non-hydrogen) atoms. The Labute approximate surface area is 187 Å². The Morgan fingerprint density at radius 3 is 2.69 bits per heavy atom. The van der Waals surface area contributed by atoms with E-state index in [0.717, 1.165) is 34.2 Å². The van der Waals surface area contributed by atoms with Gasteiger partial charge in [0.25, 0.3) is 0 Å². The fraction of sp³-hybridized carbons (Fsp3) is 0.182. The van der Waals surface area contributed by atoms with Crippen LogP contribution in [0.2, 0.25) is 0 Å². The Hall–Kier alpha value is -2.97. The highest BCUT2D eigenvalue weighted by molar-refractivity contribution is 7.59. The Bertz CT molecular complexity index is 1380. The predicted molar refractivity (Wildman–Crippen MR) is 122 cm³/mol. The maximum atomic E-state index is 12.1. The Morgan fingerprint density at radius 2 is 2.00 bits per heavy atom. The third-order valence-electron chi connectivity index (χ3n) is 5.25. The van der Waals surface area contributed by atoms with Gasteiger partial charge in [-0.05, 0) is 48.7 Å². The number of nitrogens with one attached hydrogen (secondary N) is 1. The molecule has 3 N–H and O–H groups in total. The first-order valence-electron chi connectivity index (χ1n) is 9.88. The average Bonchev–Trinajstić information content (AvgIpc) is 3.34. The molecule has 1 aliphatic carbocycles. The maximum absolute atomic E-state index is 12.1. The monoisotopic (exact) mass is 470 g/mol. The largest absolute Gasteiger partial charge is 0.496 e. The summed E-state index contributed by atoms with van der Waals surface area (Å²) in [6.45, 7) is 0. The minimum atomic E-state index is -4.50. The second-order valence-corrected chi connectivity index (χ2v) is 10.1. The van der Waals surface area contributed by atoms with Crippen LogP contribution in [0.15, 0.2) is 52.9 Å². The minimum Gasteiger partial charge on any atom is -0.496 e. The summed E-state index contributed by atoms with van der Waals surface area (Å²) in [6, 6.07) is 14.0. The first-order valence-corrected chi connectivity index (χ1v) is 12.3. The van der Waals surface area contributed by atoms with Crippen LogP contribution in [0.3, 0.4) is 0 Å². The van der Waals surface area contributed by atoms with Crippen molar-refractivity contribution in [3.63, 3.8) is 0 Å². The van der Waals surface area contributed by atoms with Gasteiger partial charge < -0.3 is 24.3 Å². The molecule has 1 saturated carbocycles. The van der Waals surface area contributed by atoms with E-state index in [2.05, 4.69) is 10.3 Å². The molecule has 0 bridgehead atoms. The summed E-state index contributed by atoms with van der Waals surface area (Å²) in [6.07, 6.45) is 1.85. The van der Waals surface area contributed by atoms with Gasteiger partial charge >= 0.3 is 7.60 Å². The lowest BCUT2D eigenvalue weighted by molar-refractivity contribution is -0.117. The van der Waals surface area contributed by atoms with Crippen LogP contribution in [0.5, 0.6) is 5.75 Å². The molecule has 8 nitrogen and oxygen atoms in total. The Kier molecular flexibility index (Phi) is 5.14. The summed E-state index contributed by atoms with van der Waals surface area (Å²) in [5.41, 5.74) is 2.70. The number of thiazole rings is 1. The van der Waals surface area contributed by atoms with Gasteiger partial charge in [0.15, 0.2) is 5.13 Å². The first kappa shape index (κ1) is 20.9. The van der Waals surface area contributed by atoms with Gasteiger partial charge in [-0.1, -0.05) is 29.5 Å². The quantitative estimate of drug-likeness (QED) is 0.358. The van der Waals surface area contributed by atoms with Crippen molar-refractivity contribution in [1.29, 1.82) is 0 Å². The molecule has 0 atom stereocenters. The number of rotatable bonds is 6. The average molecular weight is 470 g/mol. The highest BCUT2D eigenvalue weighted by atomic mass is 32.1. The molecule has 1 amide bonds. The molecule has 0 aliphatic heterocycles. The van der Waals surface area contributed by atoms with E-state index in [1.54, 1.807) is 6.07 Å². The number of benzene rings is 2. The van der Waals surface area contributed by atoms with Gasteiger partial charge in [-0.25, -0.2) is 4.98 Å². The lowest BCUT2D eigenvalue weighted by atomic mass is 10.0. The molecule has 0 saturated heterocycles. The van der Waals surface area contributed by atoms with E-state index >= 15 is 0 Å². The standard InChI is InChI=1S/C22H19N2O6PS/c1-29-17-8-7-13(11-15(17)18-9-10-19(30-18)31(26,27)28)14-3-2-4-16-20(14)32-22(23-16)24-21(25)12-5-6-12/h2-4,7-12H,5-6H2,1H3,(H,23,24,25)(H2,26,27,28). The summed E-state index contributed by atoms with van der Waals surface area (Å²) in [5.74, 6) is 0.901. The molecule has 5 rings (SSSR count). The summed E-state index contributed by atoms with van der Waals surface area (Å²) < 4.78 is 23.3.